The molecule has 28 heavy (non-hydrogen) atoms. The van der Waals surface area contributed by atoms with Crippen molar-refractivity contribution >= 4 is 22.7 Å². The first-order valence-corrected chi connectivity index (χ1v) is 9.04. The molecule has 5 nitrogen and oxygen atoms in total. The molecule has 1 amide bonds. The molecule has 0 saturated carbocycles. The highest BCUT2D eigenvalue weighted by atomic mass is 16.5. The topological polar surface area (TPSA) is 64.4 Å². The van der Waals surface area contributed by atoms with E-state index >= 15 is 0 Å². The van der Waals surface area contributed by atoms with Crippen LogP contribution in [0.25, 0.3) is 22.6 Å². The number of aryl methyl sites for hydroxylation is 2. The maximum Gasteiger partial charge on any atom is 0.262 e. The zero-order chi connectivity index (χ0) is 19.5. The van der Waals surface area contributed by atoms with Gasteiger partial charge in [0.2, 0.25) is 5.89 Å². The summed E-state index contributed by atoms with van der Waals surface area (Å²) in [6, 6.07) is 21.0. The molecule has 140 valence electrons. The largest absolute Gasteiger partial charge is 0.484 e. The maximum atomic E-state index is 12.2. The number of fused-ring (bicyclic) bond motifs is 1. The number of carbonyl (C=O) groups is 1. The second-order valence-electron chi connectivity index (χ2n) is 6.72. The van der Waals surface area contributed by atoms with Gasteiger partial charge in [-0.05, 0) is 61.9 Å². The van der Waals surface area contributed by atoms with E-state index in [2.05, 4.69) is 10.3 Å². The van der Waals surface area contributed by atoms with Gasteiger partial charge in [-0.2, -0.15) is 0 Å². The monoisotopic (exact) mass is 372 g/mol. The van der Waals surface area contributed by atoms with E-state index in [0.717, 1.165) is 11.1 Å². The number of hydrogen-bond donors (Lipinski definition) is 1. The van der Waals surface area contributed by atoms with Crippen molar-refractivity contribution < 1.29 is 13.9 Å². The number of carbonyl (C=O) groups excluding carboxylic acids is 1. The molecule has 0 spiro atoms. The molecule has 0 aliphatic carbocycles. The maximum absolute atomic E-state index is 12.2. The lowest BCUT2D eigenvalue weighted by molar-refractivity contribution is -0.118. The van der Waals surface area contributed by atoms with E-state index in [1.165, 1.54) is 5.56 Å². The molecule has 0 aliphatic heterocycles. The standard InChI is InChI=1S/C23H20N2O3/c1-15-6-8-17(9-7-15)23-25-20-13-18(10-11-21(20)28-23)24-22(26)14-27-19-5-3-4-16(2)12-19/h3-13H,14H2,1-2H3,(H,24,26). The molecule has 0 saturated heterocycles. The van der Waals surface area contributed by atoms with Gasteiger partial charge in [0.25, 0.3) is 5.91 Å². The number of aromatic nitrogens is 1. The number of hydrogen-bond acceptors (Lipinski definition) is 4. The fourth-order valence-corrected chi connectivity index (χ4v) is 2.88. The molecule has 0 bridgehead atoms. The summed E-state index contributed by atoms with van der Waals surface area (Å²) in [7, 11) is 0. The normalized spacial score (nSPS) is 10.8. The molecule has 0 unspecified atom stereocenters. The molecule has 1 N–H and O–H groups in total. The van der Waals surface area contributed by atoms with Gasteiger partial charge in [-0.25, -0.2) is 4.98 Å². The molecule has 5 heteroatoms. The zero-order valence-electron chi connectivity index (χ0n) is 15.7. The van der Waals surface area contributed by atoms with Gasteiger partial charge in [0.15, 0.2) is 12.2 Å². The number of oxazole rings is 1. The lowest BCUT2D eigenvalue weighted by atomic mass is 10.1. The van der Waals surface area contributed by atoms with Gasteiger partial charge in [-0.15, -0.1) is 0 Å². The van der Waals surface area contributed by atoms with Crippen molar-refractivity contribution in [3.63, 3.8) is 0 Å². The van der Waals surface area contributed by atoms with E-state index < -0.39 is 0 Å². The van der Waals surface area contributed by atoms with Crippen LogP contribution in [0.2, 0.25) is 0 Å². The van der Waals surface area contributed by atoms with E-state index in [4.69, 9.17) is 9.15 Å². The van der Waals surface area contributed by atoms with Crippen LogP contribution in [0.1, 0.15) is 11.1 Å². The number of nitrogens with zero attached hydrogens (tertiary/aromatic N) is 1. The molecule has 1 heterocycles. The zero-order valence-corrected chi connectivity index (χ0v) is 15.7. The van der Waals surface area contributed by atoms with Crippen molar-refractivity contribution in [1.82, 2.24) is 4.98 Å². The first-order valence-electron chi connectivity index (χ1n) is 9.04. The van der Waals surface area contributed by atoms with Gasteiger partial charge in [-0.1, -0.05) is 29.8 Å². The quantitative estimate of drug-likeness (QED) is 0.527. The second-order valence-corrected chi connectivity index (χ2v) is 6.72. The van der Waals surface area contributed by atoms with Gasteiger partial charge >= 0.3 is 0 Å². The SMILES string of the molecule is Cc1ccc(-c2nc3cc(NC(=O)COc4cccc(C)c4)ccc3o2)cc1. The van der Waals surface area contributed by atoms with Crippen LogP contribution in [0.4, 0.5) is 5.69 Å². The van der Waals surface area contributed by atoms with Gasteiger partial charge in [0.1, 0.15) is 11.3 Å². The summed E-state index contributed by atoms with van der Waals surface area (Å²) in [5.41, 5.74) is 5.18. The minimum absolute atomic E-state index is 0.0606. The first kappa shape index (κ1) is 17.8. The summed E-state index contributed by atoms with van der Waals surface area (Å²) in [5, 5.41) is 2.83. The molecule has 0 aliphatic rings. The van der Waals surface area contributed by atoms with Crippen LogP contribution < -0.4 is 10.1 Å². The Kier molecular flexibility index (Phi) is 4.81. The third-order valence-electron chi connectivity index (χ3n) is 4.33. The van der Waals surface area contributed by atoms with Crippen molar-refractivity contribution in [1.29, 1.82) is 0 Å². The minimum Gasteiger partial charge on any atom is -0.484 e. The molecule has 0 radical (unpaired) electrons. The molecular formula is C23H20N2O3. The Bertz CT molecular complexity index is 1130. The predicted octanol–water partition coefficient (Wildman–Crippen LogP) is 5.13. The highest BCUT2D eigenvalue weighted by Crippen LogP contribution is 2.26. The van der Waals surface area contributed by atoms with Crippen LogP contribution in [-0.2, 0) is 4.79 Å². The Morgan fingerprint density at radius 2 is 1.82 bits per heavy atom. The van der Waals surface area contributed by atoms with Gasteiger partial charge in [-0.3, -0.25) is 4.79 Å². The van der Waals surface area contributed by atoms with Crippen molar-refractivity contribution in [2.24, 2.45) is 0 Å². The van der Waals surface area contributed by atoms with E-state index in [1.807, 2.05) is 62.4 Å². The molecule has 0 fully saturated rings. The fourth-order valence-electron chi connectivity index (χ4n) is 2.88. The molecule has 0 atom stereocenters. The first-order chi connectivity index (χ1) is 13.6. The highest BCUT2D eigenvalue weighted by molar-refractivity contribution is 5.94. The lowest BCUT2D eigenvalue weighted by Crippen LogP contribution is -2.20. The van der Waals surface area contributed by atoms with Crippen molar-refractivity contribution in [3.8, 4) is 17.2 Å². The highest BCUT2D eigenvalue weighted by Gasteiger charge is 2.10. The molecule has 4 rings (SSSR count). The number of anilines is 1. The number of ether oxygens (including phenoxy) is 1. The van der Waals surface area contributed by atoms with Crippen LogP contribution in [-0.4, -0.2) is 17.5 Å². The summed E-state index contributed by atoms with van der Waals surface area (Å²) < 4.78 is 11.4. The Morgan fingerprint density at radius 1 is 1.00 bits per heavy atom. The summed E-state index contributed by atoms with van der Waals surface area (Å²) in [4.78, 5) is 16.7. The fraction of sp³-hybridized carbons (Fsp3) is 0.130. The minimum atomic E-state index is -0.233. The average Bonchev–Trinajstić information content (AvgIpc) is 3.10. The van der Waals surface area contributed by atoms with E-state index in [1.54, 1.807) is 18.2 Å². The van der Waals surface area contributed by atoms with Crippen molar-refractivity contribution in [3.05, 3.63) is 77.9 Å². The smallest absolute Gasteiger partial charge is 0.262 e. The number of benzene rings is 3. The molecule has 3 aromatic carbocycles. The van der Waals surface area contributed by atoms with Gasteiger partial charge in [0, 0.05) is 11.3 Å². The van der Waals surface area contributed by atoms with Gasteiger partial charge < -0.3 is 14.5 Å². The summed E-state index contributed by atoms with van der Waals surface area (Å²) >= 11 is 0. The Balaban J connectivity index is 1.45. The predicted molar refractivity (Wildman–Crippen MR) is 109 cm³/mol. The van der Waals surface area contributed by atoms with E-state index in [-0.39, 0.29) is 12.5 Å². The molecule has 4 aromatic rings. The second kappa shape index (κ2) is 7.56. The van der Waals surface area contributed by atoms with Crippen LogP contribution >= 0.6 is 0 Å². The Morgan fingerprint density at radius 3 is 2.61 bits per heavy atom. The number of rotatable bonds is 5. The average molecular weight is 372 g/mol. The third-order valence-corrected chi connectivity index (χ3v) is 4.33. The van der Waals surface area contributed by atoms with Crippen LogP contribution in [0, 0.1) is 13.8 Å². The number of nitrogens with one attached hydrogen (secondary N) is 1. The summed E-state index contributed by atoms with van der Waals surface area (Å²) in [6.07, 6.45) is 0. The van der Waals surface area contributed by atoms with Crippen LogP contribution in [0.5, 0.6) is 5.75 Å². The van der Waals surface area contributed by atoms with Crippen LogP contribution in [0.3, 0.4) is 0 Å². The summed E-state index contributed by atoms with van der Waals surface area (Å²) in [6.45, 7) is 3.95. The molecular weight excluding hydrogens is 352 g/mol. The number of amides is 1. The Labute approximate surface area is 163 Å². The van der Waals surface area contributed by atoms with Crippen LogP contribution in [0.15, 0.2) is 71.1 Å². The van der Waals surface area contributed by atoms with E-state index in [0.29, 0.717) is 28.4 Å². The Hall–Kier alpha value is -3.60. The third kappa shape index (κ3) is 4.04. The lowest BCUT2D eigenvalue weighted by Gasteiger charge is -2.08. The van der Waals surface area contributed by atoms with E-state index in [9.17, 15) is 4.79 Å². The van der Waals surface area contributed by atoms with Crippen molar-refractivity contribution in [2.45, 2.75) is 13.8 Å². The van der Waals surface area contributed by atoms with Crippen molar-refractivity contribution in [2.75, 3.05) is 11.9 Å². The summed E-state index contributed by atoms with van der Waals surface area (Å²) in [5.74, 6) is 0.995. The van der Waals surface area contributed by atoms with Gasteiger partial charge in [0.05, 0.1) is 0 Å². The molecule has 1 aromatic heterocycles.